The van der Waals surface area contributed by atoms with Gasteiger partial charge >= 0.3 is 0 Å². The first-order valence-corrected chi connectivity index (χ1v) is 15.9. The van der Waals surface area contributed by atoms with Gasteiger partial charge in [0.2, 0.25) is 0 Å². The second kappa shape index (κ2) is 9.72. The summed E-state index contributed by atoms with van der Waals surface area (Å²) in [6, 6.07) is 59.5. The number of nitrogens with zero attached hydrogens (tertiary/aromatic N) is 1. The van der Waals surface area contributed by atoms with Crippen LogP contribution in [0.25, 0.3) is 99.0 Å². The van der Waals surface area contributed by atoms with Gasteiger partial charge in [-0.1, -0.05) is 158 Å². The van der Waals surface area contributed by atoms with Gasteiger partial charge in [0.05, 0.1) is 11.4 Å². The topological polar surface area (TPSA) is 12.9 Å². The summed E-state index contributed by atoms with van der Waals surface area (Å²) in [6.45, 7) is 0. The fourth-order valence-corrected chi connectivity index (χ4v) is 7.83. The molecule has 1 aromatic heterocycles. The molecule has 0 fully saturated rings. The van der Waals surface area contributed by atoms with E-state index in [1.807, 2.05) is 0 Å². The zero-order valence-corrected chi connectivity index (χ0v) is 25.0. The molecule has 0 amide bonds. The summed E-state index contributed by atoms with van der Waals surface area (Å²) < 4.78 is 0. The van der Waals surface area contributed by atoms with E-state index in [-0.39, 0.29) is 0 Å². The third kappa shape index (κ3) is 3.54. The number of benzene rings is 8. The maximum absolute atomic E-state index is 5.68. The Labute approximate surface area is 267 Å². The third-order valence-electron chi connectivity index (χ3n) is 9.77. The lowest BCUT2D eigenvalue weighted by Crippen LogP contribution is -1.98. The van der Waals surface area contributed by atoms with Crippen molar-refractivity contribution in [1.29, 1.82) is 0 Å². The molecule has 46 heavy (non-hydrogen) atoms. The highest BCUT2D eigenvalue weighted by Gasteiger charge is 2.31. The molecule has 0 saturated heterocycles. The molecular weight excluding hydrogens is 555 g/mol. The average Bonchev–Trinajstić information content (AvgIpc) is 3.47. The molecule has 1 aliphatic carbocycles. The molecule has 0 atom stereocenters. The Balaban J connectivity index is 1.38. The number of aromatic nitrogens is 1. The van der Waals surface area contributed by atoms with Crippen molar-refractivity contribution in [2.24, 2.45) is 0 Å². The molecular formula is C45H27N. The van der Waals surface area contributed by atoms with Gasteiger partial charge in [0, 0.05) is 27.8 Å². The Bertz CT molecular complexity index is 2630. The molecule has 0 bridgehead atoms. The summed E-state index contributed by atoms with van der Waals surface area (Å²) in [5.74, 6) is 0. The lowest BCUT2D eigenvalue weighted by Gasteiger charge is -2.20. The summed E-state index contributed by atoms with van der Waals surface area (Å²) >= 11 is 0. The minimum atomic E-state index is 1.01. The van der Waals surface area contributed by atoms with Gasteiger partial charge < -0.3 is 0 Å². The highest BCUT2D eigenvalue weighted by Crippen LogP contribution is 2.56. The number of hydrogen-bond acceptors (Lipinski definition) is 1. The van der Waals surface area contributed by atoms with Crippen LogP contribution >= 0.6 is 0 Å². The highest BCUT2D eigenvalue weighted by molar-refractivity contribution is 6.26. The van der Waals surface area contributed by atoms with Crippen LogP contribution in [0.1, 0.15) is 0 Å². The molecule has 8 aromatic carbocycles. The van der Waals surface area contributed by atoms with Gasteiger partial charge in [-0.15, -0.1) is 0 Å². The Morgan fingerprint density at radius 3 is 1.43 bits per heavy atom. The van der Waals surface area contributed by atoms with Crippen LogP contribution in [0, 0.1) is 0 Å². The van der Waals surface area contributed by atoms with Crippen LogP contribution in [-0.2, 0) is 0 Å². The van der Waals surface area contributed by atoms with E-state index in [1.165, 1.54) is 76.5 Å². The van der Waals surface area contributed by atoms with Crippen molar-refractivity contribution in [2.45, 2.75) is 0 Å². The van der Waals surface area contributed by atoms with Crippen LogP contribution in [0.5, 0.6) is 0 Å². The van der Waals surface area contributed by atoms with E-state index in [9.17, 15) is 0 Å². The fourth-order valence-electron chi connectivity index (χ4n) is 7.83. The first kappa shape index (κ1) is 25.3. The maximum Gasteiger partial charge on any atom is 0.0794 e. The van der Waals surface area contributed by atoms with Gasteiger partial charge in [-0.05, 0) is 65.8 Å². The van der Waals surface area contributed by atoms with Crippen molar-refractivity contribution < 1.29 is 0 Å². The van der Waals surface area contributed by atoms with Crippen LogP contribution in [-0.4, -0.2) is 4.98 Å². The summed E-state index contributed by atoms with van der Waals surface area (Å²) in [7, 11) is 0. The molecule has 0 unspecified atom stereocenters. The largest absolute Gasteiger partial charge is 0.246 e. The molecule has 0 radical (unpaired) electrons. The number of hydrogen-bond donors (Lipinski definition) is 0. The van der Waals surface area contributed by atoms with Crippen molar-refractivity contribution in [3.63, 3.8) is 0 Å². The van der Waals surface area contributed by atoms with Gasteiger partial charge in [-0.3, -0.25) is 0 Å². The fraction of sp³-hybridized carbons (Fsp3) is 0. The Morgan fingerprint density at radius 1 is 0.304 bits per heavy atom. The van der Waals surface area contributed by atoms with Crippen molar-refractivity contribution >= 4 is 43.1 Å². The third-order valence-corrected chi connectivity index (χ3v) is 9.77. The molecule has 0 spiro atoms. The Hall–Kier alpha value is -6.05. The number of rotatable bonds is 3. The molecule has 1 heteroatoms. The minimum Gasteiger partial charge on any atom is -0.246 e. The predicted octanol–water partition coefficient (Wildman–Crippen LogP) is 12.3. The lowest BCUT2D eigenvalue weighted by atomic mass is 9.86. The van der Waals surface area contributed by atoms with Gasteiger partial charge in [0.25, 0.3) is 0 Å². The quantitative estimate of drug-likeness (QED) is 0.189. The second-order valence-electron chi connectivity index (χ2n) is 12.2. The number of pyridine rings is 1. The Morgan fingerprint density at radius 2 is 0.804 bits per heavy atom. The number of fused-ring (bicyclic) bond motifs is 9. The SMILES string of the molecule is c1ccc(-c2nc(-c3ccc4c5ccccc5c5ccccc5c4c3)c(-c3ccccc3)c3c2-c2cccc4cccc-3c24)cc1. The molecule has 10 rings (SSSR count). The molecule has 1 heterocycles. The monoisotopic (exact) mass is 581 g/mol. The van der Waals surface area contributed by atoms with Gasteiger partial charge in [-0.25, -0.2) is 4.98 Å². The molecule has 9 aromatic rings. The molecule has 0 N–H and O–H groups in total. The van der Waals surface area contributed by atoms with E-state index in [1.54, 1.807) is 0 Å². The summed E-state index contributed by atoms with van der Waals surface area (Å²) in [5, 5.41) is 10.2. The normalized spacial score (nSPS) is 11.9. The van der Waals surface area contributed by atoms with Gasteiger partial charge in [-0.2, -0.15) is 0 Å². The molecule has 212 valence electrons. The van der Waals surface area contributed by atoms with Gasteiger partial charge in [0.1, 0.15) is 0 Å². The van der Waals surface area contributed by atoms with E-state index in [4.69, 9.17) is 4.98 Å². The van der Waals surface area contributed by atoms with Crippen molar-refractivity contribution in [3.05, 3.63) is 164 Å². The first-order chi connectivity index (χ1) is 22.8. The van der Waals surface area contributed by atoms with E-state index in [0.29, 0.717) is 0 Å². The molecule has 1 nitrogen and oxygen atoms in total. The Kier molecular flexibility index (Phi) is 5.35. The van der Waals surface area contributed by atoms with Crippen molar-refractivity contribution in [3.8, 4) is 55.9 Å². The minimum absolute atomic E-state index is 1.01. The molecule has 0 saturated carbocycles. The maximum atomic E-state index is 5.68. The zero-order chi connectivity index (χ0) is 30.2. The smallest absolute Gasteiger partial charge is 0.0794 e. The average molecular weight is 582 g/mol. The summed E-state index contributed by atoms with van der Waals surface area (Å²) in [6.07, 6.45) is 0. The zero-order valence-electron chi connectivity index (χ0n) is 25.0. The standard InChI is InChI=1S/C45H27N/c1-3-13-29(14-4-1)41-42-37-23-11-17-28-18-12-24-38(40(28)37)43(42)44(30-15-5-2-6-16-30)46-45(41)31-25-26-36-34-21-8-7-19-32(34)33-20-9-10-22-35(33)39(36)27-31/h1-27H. The highest BCUT2D eigenvalue weighted by atomic mass is 14.7. The molecule has 0 aliphatic heterocycles. The van der Waals surface area contributed by atoms with E-state index < -0.39 is 0 Å². The van der Waals surface area contributed by atoms with E-state index in [0.717, 1.165) is 22.5 Å². The van der Waals surface area contributed by atoms with Crippen molar-refractivity contribution in [2.75, 3.05) is 0 Å². The van der Waals surface area contributed by atoms with Crippen LogP contribution in [0.4, 0.5) is 0 Å². The molecule has 1 aliphatic rings. The van der Waals surface area contributed by atoms with Crippen LogP contribution in [0.2, 0.25) is 0 Å². The van der Waals surface area contributed by atoms with Crippen LogP contribution < -0.4 is 0 Å². The van der Waals surface area contributed by atoms with E-state index in [2.05, 4.69) is 164 Å². The lowest BCUT2D eigenvalue weighted by molar-refractivity contribution is 1.33. The van der Waals surface area contributed by atoms with E-state index >= 15 is 0 Å². The first-order valence-electron chi connectivity index (χ1n) is 15.9. The van der Waals surface area contributed by atoms with Crippen molar-refractivity contribution in [1.82, 2.24) is 4.98 Å². The summed E-state index contributed by atoms with van der Waals surface area (Å²) in [4.78, 5) is 5.68. The van der Waals surface area contributed by atoms with Crippen LogP contribution in [0.3, 0.4) is 0 Å². The van der Waals surface area contributed by atoms with Crippen LogP contribution in [0.15, 0.2) is 164 Å². The summed E-state index contributed by atoms with van der Waals surface area (Å²) in [5.41, 5.74) is 11.7. The second-order valence-corrected chi connectivity index (χ2v) is 12.2. The predicted molar refractivity (Wildman–Crippen MR) is 195 cm³/mol. The van der Waals surface area contributed by atoms with Gasteiger partial charge in [0.15, 0.2) is 0 Å².